The largest absolute Gasteiger partial charge is 0.382 e. The van der Waals surface area contributed by atoms with Gasteiger partial charge in [-0.05, 0) is 42.9 Å². The number of hydrogen-bond donors (Lipinski definition) is 0. The van der Waals surface area contributed by atoms with Crippen molar-refractivity contribution in [2.75, 3.05) is 32.3 Å². The van der Waals surface area contributed by atoms with Gasteiger partial charge in [0.2, 0.25) is 0 Å². The van der Waals surface area contributed by atoms with E-state index in [9.17, 15) is 0 Å². The minimum absolute atomic E-state index is 0.673. The van der Waals surface area contributed by atoms with Gasteiger partial charge in [0.1, 0.15) is 0 Å². The monoisotopic (exact) mass is 392 g/mol. The molecule has 0 radical (unpaired) electrons. The Labute approximate surface area is 133 Å². The van der Waals surface area contributed by atoms with Gasteiger partial charge in [0.25, 0.3) is 0 Å². The Hall–Kier alpha value is 0.1000. The molecule has 1 aromatic carbocycles. The fourth-order valence-corrected chi connectivity index (χ4v) is 2.72. The van der Waals surface area contributed by atoms with E-state index in [4.69, 9.17) is 9.47 Å². The maximum atomic E-state index is 5.49. The highest BCUT2D eigenvalue weighted by atomic mass is 79.9. The van der Waals surface area contributed by atoms with Gasteiger partial charge in [-0.3, -0.25) is 0 Å². The quantitative estimate of drug-likeness (QED) is 0.432. The molecule has 0 spiro atoms. The van der Waals surface area contributed by atoms with Crippen molar-refractivity contribution >= 4 is 31.9 Å². The second-order valence-corrected chi connectivity index (χ2v) is 6.16. The first kappa shape index (κ1) is 17.2. The number of alkyl halides is 1. The number of rotatable bonds is 10. The molecule has 2 nitrogen and oxygen atoms in total. The topological polar surface area (TPSA) is 18.5 Å². The van der Waals surface area contributed by atoms with Gasteiger partial charge in [0.15, 0.2) is 0 Å². The summed E-state index contributed by atoms with van der Waals surface area (Å²) in [6.45, 7) is 2.20. The summed E-state index contributed by atoms with van der Waals surface area (Å²) in [6, 6.07) is 8.59. The molecular formula is C15H22Br2O2. The third kappa shape index (κ3) is 8.08. The first-order chi connectivity index (χ1) is 9.26. The molecule has 0 N–H and O–H groups in total. The molecule has 4 heteroatoms. The van der Waals surface area contributed by atoms with Crippen molar-refractivity contribution in [3.63, 3.8) is 0 Å². The smallest absolute Gasteiger partial charge is 0.0700 e. The molecule has 0 bridgehead atoms. The Bertz CT molecular complexity index is 327. The van der Waals surface area contributed by atoms with Gasteiger partial charge in [-0.2, -0.15) is 0 Å². The van der Waals surface area contributed by atoms with Crippen LogP contribution in [0.3, 0.4) is 0 Å². The predicted octanol–water partition coefficient (Wildman–Crippen LogP) is 4.45. The van der Waals surface area contributed by atoms with Gasteiger partial charge in [0, 0.05) is 23.5 Å². The summed E-state index contributed by atoms with van der Waals surface area (Å²) < 4.78 is 11.6. The molecule has 1 rings (SSSR count). The van der Waals surface area contributed by atoms with E-state index in [0.29, 0.717) is 19.1 Å². The van der Waals surface area contributed by atoms with Crippen LogP contribution < -0.4 is 0 Å². The van der Waals surface area contributed by atoms with E-state index < -0.39 is 0 Å². The second-order valence-electron chi connectivity index (χ2n) is 4.60. The summed E-state index contributed by atoms with van der Waals surface area (Å²) in [6.07, 6.45) is 3.42. The average Bonchev–Trinajstić information content (AvgIpc) is 2.43. The van der Waals surface area contributed by atoms with Gasteiger partial charge >= 0.3 is 0 Å². The van der Waals surface area contributed by atoms with E-state index in [0.717, 1.165) is 29.3 Å². The fraction of sp³-hybridized carbons (Fsp3) is 0.600. The highest BCUT2D eigenvalue weighted by Gasteiger charge is 2.08. The van der Waals surface area contributed by atoms with E-state index in [1.807, 2.05) is 0 Å². The van der Waals surface area contributed by atoms with Crippen molar-refractivity contribution < 1.29 is 9.47 Å². The minimum atomic E-state index is 0.673. The van der Waals surface area contributed by atoms with E-state index in [1.54, 1.807) is 7.11 Å². The molecule has 0 aliphatic carbocycles. The van der Waals surface area contributed by atoms with Crippen LogP contribution in [0, 0.1) is 5.92 Å². The Kier molecular flexibility index (Phi) is 9.78. The standard InChI is InChI=1S/C15H22Br2O2/c1-18-9-10-19-8-2-3-14(12-16)11-13-4-6-15(17)7-5-13/h4-7,14H,2-3,8-12H2,1H3. The maximum Gasteiger partial charge on any atom is 0.0700 e. The number of hydrogen-bond acceptors (Lipinski definition) is 2. The first-order valence-electron chi connectivity index (χ1n) is 6.63. The highest BCUT2D eigenvalue weighted by molar-refractivity contribution is 9.10. The Balaban J connectivity index is 2.20. The molecule has 108 valence electrons. The van der Waals surface area contributed by atoms with E-state index >= 15 is 0 Å². The highest BCUT2D eigenvalue weighted by Crippen LogP contribution is 2.18. The second kappa shape index (κ2) is 10.8. The van der Waals surface area contributed by atoms with Crippen molar-refractivity contribution in [1.82, 2.24) is 0 Å². The zero-order chi connectivity index (χ0) is 13.9. The summed E-state index contributed by atoms with van der Waals surface area (Å²) in [7, 11) is 1.70. The molecule has 0 saturated carbocycles. The van der Waals surface area contributed by atoms with Gasteiger partial charge < -0.3 is 9.47 Å². The lowest BCUT2D eigenvalue weighted by atomic mass is 9.97. The summed E-state index contributed by atoms with van der Waals surface area (Å²) in [5.41, 5.74) is 1.40. The fourth-order valence-electron chi connectivity index (χ4n) is 1.91. The molecule has 0 aromatic heterocycles. The SMILES string of the molecule is COCCOCCCC(CBr)Cc1ccc(Br)cc1. The van der Waals surface area contributed by atoms with Crippen molar-refractivity contribution in [3.05, 3.63) is 34.3 Å². The average molecular weight is 394 g/mol. The first-order valence-corrected chi connectivity index (χ1v) is 8.54. The molecule has 0 aliphatic heterocycles. The maximum absolute atomic E-state index is 5.49. The molecule has 0 amide bonds. The lowest BCUT2D eigenvalue weighted by molar-refractivity contribution is 0.0675. The van der Waals surface area contributed by atoms with Crippen molar-refractivity contribution in [2.24, 2.45) is 5.92 Å². The molecule has 0 aliphatic rings. The van der Waals surface area contributed by atoms with Crippen LogP contribution >= 0.6 is 31.9 Å². The minimum Gasteiger partial charge on any atom is -0.382 e. The molecule has 0 heterocycles. The van der Waals surface area contributed by atoms with Crippen molar-refractivity contribution in [2.45, 2.75) is 19.3 Å². The van der Waals surface area contributed by atoms with Crippen LogP contribution in [0.25, 0.3) is 0 Å². The Morgan fingerprint density at radius 1 is 1.11 bits per heavy atom. The Morgan fingerprint density at radius 3 is 2.47 bits per heavy atom. The van der Waals surface area contributed by atoms with Crippen LogP contribution in [-0.4, -0.2) is 32.3 Å². The van der Waals surface area contributed by atoms with Crippen LogP contribution in [0.4, 0.5) is 0 Å². The molecule has 0 saturated heterocycles. The van der Waals surface area contributed by atoms with E-state index in [-0.39, 0.29) is 0 Å². The third-order valence-electron chi connectivity index (χ3n) is 2.99. The number of ether oxygens (including phenoxy) is 2. The predicted molar refractivity (Wildman–Crippen MR) is 87.1 cm³/mol. The zero-order valence-corrected chi connectivity index (χ0v) is 14.6. The van der Waals surface area contributed by atoms with Gasteiger partial charge in [-0.1, -0.05) is 44.0 Å². The van der Waals surface area contributed by atoms with Crippen LogP contribution in [-0.2, 0) is 15.9 Å². The number of benzene rings is 1. The summed E-state index contributed by atoms with van der Waals surface area (Å²) in [4.78, 5) is 0. The summed E-state index contributed by atoms with van der Waals surface area (Å²) in [5, 5.41) is 1.04. The van der Waals surface area contributed by atoms with Crippen LogP contribution in [0.2, 0.25) is 0 Å². The normalized spacial score (nSPS) is 12.6. The van der Waals surface area contributed by atoms with Gasteiger partial charge in [-0.25, -0.2) is 0 Å². The molecule has 1 unspecified atom stereocenters. The molecular weight excluding hydrogens is 372 g/mol. The van der Waals surface area contributed by atoms with Crippen molar-refractivity contribution in [3.8, 4) is 0 Å². The van der Waals surface area contributed by atoms with Gasteiger partial charge in [0.05, 0.1) is 13.2 Å². The van der Waals surface area contributed by atoms with Crippen LogP contribution in [0.1, 0.15) is 18.4 Å². The van der Waals surface area contributed by atoms with Crippen molar-refractivity contribution in [1.29, 1.82) is 0 Å². The molecule has 19 heavy (non-hydrogen) atoms. The Morgan fingerprint density at radius 2 is 1.84 bits per heavy atom. The molecule has 1 atom stereocenters. The van der Waals surface area contributed by atoms with Crippen LogP contribution in [0.5, 0.6) is 0 Å². The van der Waals surface area contributed by atoms with E-state index in [2.05, 4.69) is 56.1 Å². The number of halogens is 2. The third-order valence-corrected chi connectivity index (χ3v) is 4.43. The lowest BCUT2D eigenvalue weighted by Crippen LogP contribution is -2.09. The summed E-state index contributed by atoms with van der Waals surface area (Å²) >= 11 is 7.08. The zero-order valence-electron chi connectivity index (χ0n) is 11.4. The summed E-state index contributed by atoms with van der Waals surface area (Å²) in [5.74, 6) is 0.673. The van der Waals surface area contributed by atoms with E-state index in [1.165, 1.54) is 12.0 Å². The molecule has 0 fully saturated rings. The molecule has 1 aromatic rings. The van der Waals surface area contributed by atoms with Gasteiger partial charge in [-0.15, -0.1) is 0 Å². The van der Waals surface area contributed by atoms with Crippen LogP contribution in [0.15, 0.2) is 28.7 Å². The lowest BCUT2D eigenvalue weighted by Gasteiger charge is -2.14. The number of methoxy groups -OCH3 is 1.